The topological polar surface area (TPSA) is 59.1 Å². The molecule has 2 aromatic rings. The zero-order chi connectivity index (χ0) is 20.3. The number of fused-ring (bicyclic) bond motifs is 1. The molecule has 0 radical (unpaired) electrons. The molecule has 0 bridgehead atoms. The summed E-state index contributed by atoms with van der Waals surface area (Å²) in [4.78, 5) is 29.9. The first-order chi connectivity index (χ1) is 13.5. The van der Waals surface area contributed by atoms with Gasteiger partial charge in [0.2, 0.25) is 0 Å². The van der Waals surface area contributed by atoms with Crippen molar-refractivity contribution >= 4 is 23.1 Å². The molecular weight excluding hydrogens is 356 g/mol. The lowest BCUT2D eigenvalue weighted by Gasteiger charge is -2.30. The molecule has 0 saturated heterocycles. The van der Waals surface area contributed by atoms with Gasteiger partial charge < -0.3 is 14.4 Å². The number of ether oxygens (including phenoxy) is 2. The third kappa shape index (κ3) is 3.33. The van der Waals surface area contributed by atoms with E-state index in [4.69, 9.17) is 9.47 Å². The van der Waals surface area contributed by atoms with Crippen molar-refractivity contribution in [3.05, 3.63) is 59.8 Å². The Morgan fingerprint density at radius 3 is 2.21 bits per heavy atom. The summed E-state index contributed by atoms with van der Waals surface area (Å²) in [5, 5.41) is 0. The average molecular weight is 380 g/mol. The highest BCUT2D eigenvalue weighted by atomic mass is 16.5. The van der Waals surface area contributed by atoms with Gasteiger partial charge in [0, 0.05) is 36.5 Å². The fraction of sp³-hybridized carbons (Fsp3) is 0.273. The summed E-state index contributed by atoms with van der Waals surface area (Å²) in [6, 6.07) is 12.2. The molecule has 1 aliphatic rings. The average Bonchev–Trinajstić information content (AvgIpc) is 2.74. The number of hydrogen-bond donors (Lipinski definition) is 0. The predicted octanol–water partition coefficient (Wildman–Crippen LogP) is 3.57. The molecule has 0 aliphatic carbocycles. The maximum atomic E-state index is 13.4. The van der Waals surface area contributed by atoms with Gasteiger partial charge in [-0.2, -0.15) is 0 Å². The molecule has 0 spiro atoms. The van der Waals surface area contributed by atoms with Gasteiger partial charge in [-0.3, -0.25) is 9.59 Å². The van der Waals surface area contributed by atoms with Crippen molar-refractivity contribution in [1.82, 2.24) is 4.90 Å². The molecule has 0 unspecified atom stereocenters. The van der Waals surface area contributed by atoms with Crippen molar-refractivity contribution in [1.29, 1.82) is 0 Å². The Labute approximate surface area is 165 Å². The van der Waals surface area contributed by atoms with Gasteiger partial charge in [0.15, 0.2) is 0 Å². The van der Waals surface area contributed by atoms with Gasteiger partial charge in [-0.15, -0.1) is 0 Å². The third-order valence-corrected chi connectivity index (χ3v) is 4.84. The van der Waals surface area contributed by atoms with E-state index < -0.39 is 0 Å². The van der Waals surface area contributed by atoms with Crippen LogP contribution >= 0.6 is 0 Å². The molecular formula is C22H24N2O4. The van der Waals surface area contributed by atoms with E-state index in [9.17, 15) is 9.59 Å². The van der Waals surface area contributed by atoms with Gasteiger partial charge >= 0.3 is 0 Å². The smallest absolute Gasteiger partial charge is 0.267 e. The molecule has 0 N–H and O–H groups in total. The first kappa shape index (κ1) is 19.5. The van der Waals surface area contributed by atoms with E-state index in [2.05, 4.69) is 0 Å². The Balaban J connectivity index is 2.22. The number of methoxy groups -OCH3 is 2. The van der Waals surface area contributed by atoms with Crippen LogP contribution in [0.5, 0.6) is 11.5 Å². The highest BCUT2D eigenvalue weighted by molar-refractivity contribution is 6.41. The maximum absolute atomic E-state index is 13.4. The van der Waals surface area contributed by atoms with E-state index in [0.717, 1.165) is 13.1 Å². The van der Waals surface area contributed by atoms with E-state index in [0.29, 0.717) is 33.9 Å². The van der Waals surface area contributed by atoms with Crippen LogP contribution in [0.1, 0.15) is 29.8 Å². The summed E-state index contributed by atoms with van der Waals surface area (Å²) in [5.41, 5.74) is 1.95. The highest BCUT2D eigenvalue weighted by Crippen LogP contribution is 2.38. The van der Waals surface area contributed by atoms with Gasteiger partial charge in [0.05, 0.1) is 25.5 Å². The van der Waals surface area contributed by atoms with Gasteiger partial charge in [0.1, 0.15) is 11.5 Å². The molecule has 0 atom stereocenters. The Bertz CT molecular complexity index is 932. The molecule has 0 fully saturated rings. The Kier molecular flexibility index (Phi) is 5.68. The number of amides is 2. The number of anilines is 1. The fourth-order valence-electron chi connectivity index (χ4n) is 3.26. The van der Waals surface area contributed by atoms with Crippen LogP contribution in [0.15, 0.2) is 48.7 Å². The number of imide groups is 1. The van der Waals surface area contributed by atoms with Crippen LogP contribution in [0.3, 0.4) is 0 Å². The van der Waals surface area contributed by atoms with Crippen LogP contribution in [0.25, 0.3) is 5.57 Å². The predicted molar refractivity (Wildman–Crippen MR) is 109 cm³/mol. The van der Waals surface area contributed by atoms with Crippen molar-refractivity contribution in [2.75, 3.05) is 32.2 Å². The van der Waals surface area contributed by atoms with Crippen molar-refractivity contribution in [3.63, 3.8) is 0 Å². The summed E-state index contributed by atoms with van der Waals surface area (Å²) in [7, 11) is 3.04. The molecule has 28 heavy (non-hydrogen) atoms. The minimum absolute atomic E-state index is 0.358. The summed E-state index contributed by atoms with van der Waals surface area (Å²) in [5.74, 6) is 0.180. The number of hydrogen-bond acceptors (Lipinski definition) is 5. The lowest BCUT2D eigenvalue weighted by atomic mass is 9.93. The minimum Gasteiger partial charge on any atom is -0.497 e. The molecule has 146 valence electrons. The Morgan fingerprint density at radius 1 is 0.929 bits per heavy atom. The molecule has 6 nitrogen and oxygen atoms in total. The standard InChI is InChI=1S/C22H24N2O4/c1-5-23(6-2)14-18-16-9-7-8-10-17(16)21(25)24(22(18)26)19-13-15(27-3)11-12-20(19)28-4/h7-14H,5-6H2,1-4H3. The van der Waals surface area contributed by atoms with Crippen LogP contribution in [-0.2, 0) is 4.79 Å². The van der Waals surface area contributed by atoms with Gasteiger partial charge in [-0.25, -0.2) is 4.90 Å². The summed E-state index contributed by atoms with van der Waals surface area (Å²) < 4.78 is 10.7. The molecule has 3 rings (SSSR count). The number of nitrogens with zero attached hydrogens (tertiary/aromatic N) is 2. The second-order valence-corrected chi connectivity index (χ2v) is 6.29. The van der Waals surface area contributed by atoms with Gasteiger partial charge in [0.25, 0.3) is 11.8 Å². The lowest BCUT2D eigenvalue weighted by molar-refractivity contribution is -0.112. The van der Waals surface area contributed by atoms with Crippen LogP contribution in [0, 0.1) is 0 Å². The second-order valence-electron chi connectivity index (χ2n) is 6.29. The zero-order valence-electron chi connectivity index (χ0n) is 16.6. The Morgan fingerprint density at radius 2 is 1.61 bits per heavy atom. The SMILES string of the molecule is CCN(C=C1C(=O)N(c2cc(OC)ccc2OC)C(=O)c2ccccc21)CC. The van der Waals surface area contributed by atoms with Crippen LogP contribution in [0.2, 0.25) is 0 Å². The zero-order valence-corrected chi connectivity index (χ0v) is 16.6. The lowest BCUT2D eigenvalue weighted by Crippen LogP contribution is -2.42. The quantitative estimate of drug-likeness (QED) is 0.566. The highest BCUT2D eigenvalue weighted by Gasteiger charge is 2.37. The first-order valence-electron chi connectivity index (χ1n) is 9.21. The van der Waals surface area contributed by atoms with Crippen LogP contribution in [-0.4, -0.2) is 44.0 Å². The minimum atomic E-state index is -0.387. The molecule has 0 aromatic heterocycles. The van der Waals surface area contributed by atoms with Gasteiger partial charge in [-0.1, -0.05) is 18.2 Å². The van der Waals surface area contributed by atoms with Crippen molar-refractivity contribution < 1.29 is 19.1 Å². The largest absolute Gasteiger partial charge is 0.497 e. The molecule has 2 amide bonds. The normalized spacial score (nSPS) is 14.9. The number of carbonyl (C=O) groups is 2. The van der Waals surface area contributed by atoms with E-state index in [1.165, 1.54) is 19.1 Å². The maximum Gasteiger partial charge on any atom is 0.267 e. The van der Waals surface area contributed by atoms with E-state index in [-0.39, 0.29) is 11.8 Å². The molecule has 1 heterocycles. The van der Waals surface area contributed by atoms with E-state index in [1.54, 1.807) is 36.4 Å². The fourth-order valence-corrected chi connectivity index (χ4v) is 3.26. The molecule has 6 heteroatoms. The molecule has 2 aromatic carbocycles. The Hall–Kier alpha value is -3.28. The van der Waals surface area contributed by atoms with Crippen molar-refractivity contribution in [2.24, 2.45) is 0 Å². The number of rotatable bonds is 6. The number of benzene rings is 2. The summed E-state index contributed by atoms with van der Waals surface area (Å²) in [6.07, 6.45) is 1.83. The van der Waals surface area contributed by atoms with Crippen molar-refractivity contribution in [2.45, 2.75) is 13.8 Å². The molecule has 0 saturated carbocycles. The monoisotopic (exact) mass is 380 g/mol. The summed E-state index contributed by atoms with van der Waals surface area (Å²) >= 11 is 0. The van der Waals surface area contributed by atoms with E-state index in [1.807, 2.05) is 31.0 Å². The summed E-state index contributed by atoms with van der Waals surface area (Å²) in [6.45, 7) is 5.55. The van der Waals surface area contributed by atoms with Crippen LogP contribution in [0.4, 0.5) is 5.69 Å². The van der Waals surface area contributed by atoms with Crippen LogP contribution < -0.4 is 14.4 Å². The third-order valence-electron chi connectivity index (χ3n) is 4.84. The number of carbonyl (C=O) groups excluding carboxylic acids is 2. The van der Waals surface area contributed by atoms with Crippen molar-refractivity contribution in [3.8, 4) is 11.5 Å². The first-order valence-corrected chi connectivity index (χ1v) is 9.21. The molecule has 1 aliphatic heterocycles. The van der Waals surface area contributed by atoms with Gasteiger partial charge in [-0.05, 0) is 32.0 Å². The van der Waals surface area contributed by atoms with E-state index >= 15 is 0 Å². The second kappa shape index (κ2) is 8.17.